The van der Waals surface area contributed by atoms with Crippen molar-refractivity contribution in [1.82, 2.24) is 0 Å². The summed E-state index contributed by atoms with van der Waals surface area (Å²) >= 11 is 0. The van der Waals surface area contributed by atoms with Gasteiger partial charge >= 0.3 is 0 Å². The standard InChI is InChI=1S/C6H6O5/c7-2-1-3(8)5(10)6(11)4(2)9/h4,9-11H,1H2. The second kappa shape index (κ2) is 2.35. The summed E-state index contributed by atoms with van der Waals surface area (Å²) in [5.74, 6) is -3.54. The van der Waals surface area contributed by atoms with Crippen molar-refractivity contribution >= 4 is 11.6 Å². The fourth-order valence-electron chi connectivity index (χ4n) is 0.763. The minimum absolute atomic E-state index is 0.558. The maximum absolute atomic E-state index is 10.6. The number of allylic oxidation sites excluding steroid dienone is 1. The smallest absolute Gasteiger partial charge is 0.208 e. The number of carbonyl (C=O) groups excluding carboxylic acids is 2. The van der Waals surface area contributed by atoms with E-state index < -0.39 is 35.6 Å². The first-order valence-electron chi connectivity index (χ1n) is 2.90. The Morgan fingerprint density at radius 3 is 2.36 bits per heavy atom. The second-order valence-corrected chi connectivity index (χ2v) is 2.20. The van der Waals surface area contributed by atoms with Crippen LogP contribution in [0.15, 0.2) is 11.5 Å². The van der Waals surface area contributed by atoms with Crippen molar-refractivity contribution in [1.29, 1.82) is 0 Å². The minimum atomic E-state index is -1.74. The third-order valence-electron chi connectivity index (χ3n) is 1.41. The van der Waals surface area contributed by atoms with Crippen LogP contribution in [-0.4, -0.2) is 33.0 Å². The zero-order chi connectivity index (χ0) is 8.59. The fourth-order valence-corrected chi connectivity index (χ4v) is 0.763. The van der Waals surface area contributed by atoms with Crippen LogP contribution >= 0.6 is 0 Å². The van der Waals surface area contributed by atoms with Crippen LogP contribution in [0.1, 0.15) is 6.42 Å². The molecule has 1 rings (SSSR count). The van der Waals surface area contributed by atoms with Gasteiger partial charge in [-0.1, -0.05) is 0 Å². The first-order chi connectivity index (χ1) is 5.04. The predicted molar refractivity (Wildman–Crippen MR) is 32.9 cm³/mol. The molecule has 1 aliphatic rings. The molecule has 0 radical (unpaired) electrons. The molecule has 0 aliphatic heterocycles. The van der Waals surface area contributed by atoms with E-state index in [0.29, 0.717) is 0 Å². The molecule has 0 aromatic carbocycles. The number of carbonyl (C=O) groups is 2. The molecule has 0 saturated heterocycles. The molecule has 5 nitrogen and oxygen atoms in total. The van der Waals surface area contributed by atoms with E-state index in [4.69, 9.17) is 15.3 Å². The molecule has 5 heteroatoms. The summed E-state index contributed by atoms with van der Waals surface area (Å²) in [5, 5.41) is 26.2. The normalized spacial score (nSPS) is 26.1. The summed E-state index contributed by atoms with van der Waals surface area (Å²) in [4.78, 5) is 21.1. The Balaban J connectivity index is 3.08. The molecule has 0 bridgehead atoms. The van der Waals surface area contributed by atoms with Crippen molar-refractivity contribution in [2.24, 2.45) is 0 Å². The van der Waals surface area contributed by atoms with E-state index >= 15 is 0 Å². The Kier molecular flexibility index (Phi) is 1.66. The van der Waals surface area contributed by atoms with Gasteiger partial charge in [-0.2, -0.15) is 0 Å². The Hall–Kier alpha value is -1.36. The SMILES string of the molecule is O=C1CC(=O)C(O)C(O)=C1O. The topological polar surface area (TPSA) is 94.8 Å². The summed E-state index contributed by atoms with van der Waals surface area (Å²) in [6.45, 7) is 0. The van der Waals surface area contributed by atoms with Gasteiger partial charge in [0.25, 0.3) is 0 Å². The quantitative estimate of drug-likeness (QED) is 0.402. The molecule has 11 heavy (non-hydrogen) atoms. The lowest BCUT2D eigenvalue weighted by Gasteiger charge is -2.14. The average Bonchev–Trinajstić information content (AvgIpc) is 1.97. The van der Waals surface area contributed by atoms with Crippen LogP contribution in [-0.2, 0) is 9.59 Å². The van der Waals surface area contributed by atoms with Crippen molar-refractivity contribution in [3.05, 3.63) is 11.5 Å². The van der Waals surface area contributed by atoms with Gasteiger partial charge in [-0.05, 0) is 0 Å². The molecule has 0 aromatic heterocycles. The molecule has 1 atom stereocenters. The van der Waals surface area contributed by atoms with Crippen LogP contribution in [0, 0.1) is 0 Å². The largest absolute Gasteiger partial charge is 0.506 e. The first kappa shape index (κ1) is 7.74. The number of hydrogen-bond donors (Lipinski definition) is 3. The van der Waals surface area contributed by atoms with Gasteiger partial charge in [-0.25, -0.2) is 0 Å². The highest BCUT2D eigenvalue weighted by atomic mass is 16.4. The monoisotopic (exact) mass is 158 g/mol. The highest BCUT2D eigenvalue weighted by Crippen LogP contribution is 2.15. The van der Waals surface area contributed by atoms with Crippen LogP contribution in [0.5, 0.6) is 0 Å². The molecule has 0 amide bonds. The van der Waals surface area contributed by atoms with Crippen LogP contribution in [0.25, 0.3) is 0 Å². The fraction of sp³-hybridized carbons (Fsp3) is 0.333. The van der Waals surface area contributed by atoms with Gasteiger partial charge in [0.05, 0.1) is 6.42 Å². The molecule has 0 heterocycles. The number of rotatable bonds is 0. The Morgan fingerprint density at radius 1 is 1.27 bits per heavy atom. The number of aliphatic hydroxyl groups is 3. The molecular formula is C6H6O5. The molecule has 0 saturated carbocycles. The van der Waals surface area contributed by atoms with Crippen molar-refractivity contribution < 1.29 is 24.9 Å². The Bertz CT molecular complexity index is 252. The third-order valence-corrected chi connectivity index (χ3v) is 1.41. The van der Waals surface area contributed by atoms with Crippen LogP contribution in [0.4, 0.5) is 0 Å². The lowest BCUT2D eigenvalue weighted by atomic mass is 9.99. The summed E-state index contributed by atoms with van der Waals surface area (Å²) in [5.41, 5.74) is 0. The zero-order valence-electron chi connectivity index (χ0n) is 5.44. The summed E-state index contributed by atoms with van der Waals surface area (Å²) in [6.07, 6.45) is -2.30. The van der Waals surface area contributed by atoms with Crippen LogP contribution in [0.2, 0.25) is 0 Å². The van der Waals surface area contributed by atoms with E-state index in [0.717, 1.165) is 0 Å². The summed E-state index contributed by atoms with van der Waals surface area (Å²) in [6, 6.07) is 0. The van der Waals surface area contributed by atoms with Crippen molar-refractivity contribution in [2.75, 3.05) is 0 Å². The van der Waals surface area contributed by atoms with Gasteiger partial charge < -0.3 is 15.3 Å². The number of hydrogen-bond acceptors (Lipinski definition) is 5. The number of aliphatic hydroxyl groups excluding tert-OH is 3. The number of Topliss-reactive ketones (excluding diaryl/α,β-unsaturated/α-hetero) is 2. The van der Waals surface area contributed by atoms with Gasteiger partial charge in [-0.3, -0.25) is 9.59 Å². The first-order valence-corrected chi connectivity index (χ1v) is 2.90. The minimum Gasteiger partial charge on any atom is -0.506 e. The van der Waals surface area contributed by atoms with E-state index in [2.05, 4.69) is 0 Å². The average molecular weight is 158 g/mol. The molecular weight excluding hydrogens is 152 g/mol. The lowest BCUT2D eigenvalue weighted by molar-refractivity contribution is -0.134. The highest BCUT2D eigenvalue weighted by Gasteiger charge is 2.33. The van der Waals surface area contributed by atoms with E-state index in [1.54, 1.807) is 0 Å². The maximum atomic E-state index is 10.6. The van der Waals surface area contributed by atoms with Crippen molar-refractivity contribution in [2.45, 2.75) is 12.5 Å². The molecule has 60 valence electrons. The number of ketones is 2. The van der Waals surface area contributed by atoms with Gasteiger partial charge in [0.2, 0.25) is 11.5 Å². The zero-order valence-corrected chi connectivity index (χ0v) is 5.44. The Labute approximate surface area is 61.6 Å². The predicted octanol–water partition coefficient (Wildman–Crippen LogP) is -0.783. The van der Waals surface area contributed by atoms with Crippen molar-refractivity contribution in [3.8, 4) is 0 Å². The van der Waals surface area contributed by atoms with E-state index in [-0.39, 0.29) is 0 Å². The molecule has 0 fully saturated rings. The molecule has 1 aliphatic carbocycles. The van der Waals surface area contributed by atoms with E-state index in [1.165, 1.54) is 0 Å². The lowest BCUT2D eigenvalue weighted by Crippen LogP contribution is -2.32. The van der Waals surface area contributed by atoms with Crippen LogP contribution < -0.4 is 0 Å². The van der Waals surface area contributed by atoms with Gasteiger partial charge in [0.15, 0.2) is 17.6 Å². The third kappa shape index (κ3) is 1.10. The molecule has 0 spiro atoms. The van der Waals surface area contributed by atoms with Gasteiger partial charge in [-0.15, -0.1) is 0 Å². The maximum Gasteiger partial charge on any atom is 0.208 e. The van der Waals surface area contributed by atoms with Gasteiger partial charge in [0.1, 0.15) is 0 Å². The van der Waals surface area contributed by atoms with Crippen molar-refractivity contribution in [3.63, 3.8) is 0 Å². The second-order valence-electron chi connectivity index (χ2n) is 2.20. The molecule has 0 aromatic rings. The summed E-state index contributed by atoms with van der Waals surface area (Å²) < 4.78 is 0. The Morgan fingerprint density at radius 2 is 1.82 bits per heavy atom. The summed E-state index contributed by atoms with van der Waals surface area (Å²) in [7, 11) is 0. The van der Waals surface area contributed by atoms with E-state index in [9.17, 15) is 9.59 Å². The van der Waals surface area contributed by atoms with Gasteiger partial charge in [0, 0.05) is 0 Å². The molecule has 1 unspecified atom stereocenters. The molecule has 3 N–H and O–H groups in total. The van der Waals surface area contributed by atoms with Crippen LogP contribution in [0.3, 0.4) is 0 Å². The van der Waals surface area contributed by atoms with E-state index in [1.807, 2.05) is 0 Å². The highest BCUT2D eigenvalue weighted by molar-refractivity contribution is 6.11.